The summed E-state index contributed by atoms with van der Waals surface area (Å²) in [6, 6.07) is 9.37. The van der Waals surface area contributed by atoms with Crippen LogP contribution in [0.25, 0.3) is 0 Å². The molecule has 1 rings (SSSR count). The Bertz CT molecular complexity index is 406. The van der Waals surface area contributed by atoms with Gasteiger partial charge in [-0.25, -0.2) is 0 Å². The summed E-state index contributed by atoms with van der Waals surface area (Å²) in [7, 11) is 3.96. The van der Waals surface area contributed by atoms with Crippen LogP contribution in [0, 0.1) is 5.92 Å². The number of hydrogen-bond donors (Lipinski definition) is 1. The van der Waals surface area contributed by atoms with Gasteiger partial charge < -0.3 is 15.0 Å². The molecule has 2 unspecified atom stereocenters. The molecule has 0 radical (unpaired) electrons. The summed E-state index contributed by atoms with van der Waals surface area (Å²) >= 11 is 0. The third kappa shape index (κ3) is 6.49. The van der Waals surface area contributed by atoms with Crippen molar-refractivity contribution in [1.82, 2.24) is 10.2 Å². The van der Waals surface area contributed by atoms with E-state index in [1.807, 2.05) is 12.1 Å². The van der Waals surface area contributed by atoms with Crippen LogP contribution in [-0.2, 0) is 6.42 Å². The molecule has 0 aliphatic rings. The van der Waals surface area contributed by atoms with Crippen LogP contribution >= 0.6 is 0 Å². The first-order chi connectivity index (χ1) is 9.93. The van der Waals surface area contributed by atoms with Gasteiger partial charge in [0.1, 0.15) is 5.75 Å². The molecule has 2 atom stereocenters. The molecule has 0 aliphatic heterocycles. The fraction of sp³-hybridized carbons (Fsp3) is 0.667. The van der Waals surface area contributed by atoms with Crippen molar-refractivity contribution in [3.8, 4) is 5.75 Å². The van der Waals surface area contributed by atoms with Crippen LogP contribution in [0.5, 0.6) is 5.75 Å². The van der Waals surface area contributed by atoms with Crippen molar-refractivity contribution in [2.24, 2.45) is 5.92 Å². The minimum atomic E-state index is 0.503. The lowest BCUT2D eigenvalue weighted by Crippen LogP contribution is -2.38. The van der Waals surface area contributed by atoms with E-state index >= 15 is 0 Å². The van der Waals surface area contributed by atoms with Crippen LogP contribution in [0.1, 0.15) is 33.3 Å². The van der Waals surface area contributed by atoms with Crippen molar-refractivity contribution in [2.75, 3.05) is 27.2 Å². The quantitative estimate of drug-likeness (QED) is 0.756. The molecular formula is C18H32N2O. The first-order valence-corrected chi connectivity index (χ1v) is 7.99. The van der Waals surface area contributed by atoms with Crippen LogP contribution in [0.2, 0.25) is 0 Å². The van der Waals surface area contributed by atoms with Crippen LogP contribution < -0.4 is 10.1 Å². The molecule has 0 fully saturated rings. The van der Waals surface area contributed by atoms with E-state index in [0.29, 0.717) is 18.0 Å². The average molecular weight is 292 g/mol. The molecule has 1 N–H and O–H groups in total. The highest BCUT2D eigenvalue weighted by Gasteiger charge is 2.15. The highest BCUT2D eigenvalue weighted by Crippen LogP contribution is 2.20. The van der Waals surface area contributed by atoms with Gasteiger partial charge in [0.15, 0.2) is 0 Å². The highest BCUT2D eigenvalue weighted by atomic mass is 16.5. The molecule has 21 heavy (non-hydrogen) atoms. The number of ether oxygens (including phenoxy) is 1. The molecule has 0 heterocycles. The second-order valence-corrected chi connectivity index (χ2v) is 6.47. The van der Waals surface area contributed by atoms with Gasteiger partial charge in [-0.1, -0.05) is 39.0 Å². The molecule has 0 aromatic heterocycles. The van der Waals surface area contributed by atoms with Crippen LogP contribution in [-0.4, -0.2) is 44.2 Å². The molecule has 0 bridgehead atoms. The van der Waals surface area contributed by atoms with Gasteiger partial charge in [-0.2, -0.15) is 0 Å². The zero-order valence-corrected chi connectivity index (χ0v) is 14.5. The molecule has 0 amide bonds. The van der Waals surface area contributed by atoms with E-state index < -0.39 is 0 Å². The van der Waals surface area contributed by atoms with Crippen LogP contribution in [0.4, 0.5) is 0 Å². The third-order valence-corrected chi connectivity index (χ3v) is 3.93. The Morgan fingerprint density at radius 3 is 2.43 bits per heavy atom. The molecule has 1 aromatic rings. The lowest BCUT2D eigenvalue weighted by atomic mass is 10.0. The lowest BCUT2D eigenvalue weighted by Gasteiger charge is -2.28. The summed E-state index contributed by atoms with van der Waals surface area (Å²) in [5.41, 5.74) is 1.28. The van der Waals surface area contributed by atoms with Crippen LogP contribution in [0.15, 0.2) is 24.3 Å². The number of nitrogens with one attached hydrogen (secondary N) is 1. The zero-order valence-electron chi connectivity index (χ0n) is 14.5. The average Bonchev–Trinajstić information content (AvgIpc) is 2.45. The molecule has 0 saturated heterocycles. The van der Waals surface area contributed by atoms with Gasteiger partial charge >= 0.3 is 0 Å². The molecule has 3 heteroatoms. The van der Waals surface area contributed by atoms with Gasteiger partial charge in [0.2, 0.25) is 0 Å². The van der Waals surface area contributed by atoms with E-state index in [9.17, 15) is 0 Å². The zero-order chi connectivity index (χ0) is 15.8. The minimum absolute atomic E-state index is 0.503. The number of para-hydroxylation sites is 1. The molecule has 0 spiro atoms. The van der Waals surface area contributed by atoms with Crippen molar-refractivity contribution in [1.29, 1.82) is 0 Å². The second kappa shape index (κ2) is 9.06. The van der Waals surface area contributed by atoms with Gasteiger partial charge in [0.25, 0.3) is 0 Å². The summed E-state index contributed by atoms with van der Waals surface area (Å²) in [4.78, 5) is 2.44. The maximum atomic E-state index is 5.44. The van der Waals surface area contributed by atoms with E-state index in [0.717, 1.165) is 25.3 Å². The maximum Gasteiger partial charge on any atom is 0.122 e. The monoisotopic (exact) mass is 292 g/mol. The fourth-order valence-electron chi connectivity index (χ4n) is 2.52. The van der Waals surface area contributed by atoms with Crippen molar-refractivity contribution in [3.05, 3.63) is 29.8 Å². The number of rotatable bonds is 9. The normalized spacial score (nSPS) is 14.5. The van der Waals surface area contributed by atoms with E-state index in [1.54, 1.807) is 7.11 Å². The molecular weight excluding hydrogens is 260 g/mol. The van der Waals surface area contributed by atoms with Gasteiger partial charge in [-0.3, -0.25) is 0 Å². The molecule has 0 aliphatic carbocycles. The largest absolute Gasteiger partial charge is 0.496 e. The Hall–Kier alpha value is -1.06. The van der Waals surface area contributed by atoms with Crippen molar-refractivity contribution >= 4 is 0 Å². The molecule has 3 nitrogen and oxygen atoms in total. The second-order valence-electron chi connectivity index (χ2n) is 6.47. The molecule has 0 saturated carbocycles. The first kappa shape index (κ1) is 18.0. The predicted octanol–water partition coefficient (Wildman–Crippen LogP) is 3.19. The summed E-state index contributed by atoms with van der Waals surface area (Å²) in [6.45, 7) is 11.2. The van der Waals surface area contributed by atoms with Crippen molar-refractivity contribution in [3.63, 3.8) is 0 Å². The van der Waals surface area contributed by atoms with Gasteiger partial charge in [-0.05, 0) is 44.5 Å². The summed E-state index contributed by atoms with van der Waals surface area (Å²) in [5.74, 6) is 1.64. The maximum absolute atomic E-state index is 5.44. The Morgan fingerprint density at radius 1 is 1.14 bits per heavy atom. The van der Waals surface area contributed by atoms with Crippen molar-refractivity contribution in [2.45, 2.75) is 46.2 Å². The Kier molecular flexibility index (Phi) is 7.76. The number of benzene rings is 1. The summed E-state index contributed by atoms with van der Waals surface area (Å²) in [6.07, 6.45) is 1.02. The van der Waals surface area contributed by atoms with E-state index in [2.05, 4.69) is 57.1 Å². The topological polar surface area (TPSA) is 24.5 Å². The SMILES string of the molecule is COc1ccccc1CC(C)N(C)CC(C)CNC(C)C. The van der Waals surface area contributed by atoms with E-state index in [-0.39, 0.29) is 0 Å². The minimum Gasteiger partial charge on any atom is -0.496 e. The van der Waals surface area contributed by atoms with E-state index in [1.165, 1.54) is 5.56 Å². The third-order valence-electron chi connectivity index (χ3n) is 3.93. The number of nitrogens with zero attached hydrogens (tertiary/aromatic N) is 1. The molecule has 1 aromatic carbocycles. The summed E-state index contributed by atoms with van der Waals surface area (Å²) in [5, 5.41) is 3.51. The Balaban J connectivity index is 2.48. The first-order valence-electron chi connectivity index (χ1n) is 7.99. The highest BCUT2D eigenvalue weighted by molar-refractivity contribution is 5.33. The number of methoxy groups -OCH3 is 1. The smallest absolute Gasteiger partial charge is 0.122 e. The Morgan fingerprint density at radius 2 is 1.81 bits per heavy atom. The number of likely N-dealkylation sites (N-methyl/N-ethyl adjacent to an activating group) is 1. The number of hydrogen-bond acceptors (Lipinski definition) is 3. The lowest BCUT2D eigenvalue weighted by molar-refractivity contribution is 0.218. The van der Waals surface area contributed by atoms with Gasteiger partial charge in [0.05, 0.1) is 7.11 Å². The van der Waals surface area contributed by atoms with Crippen molar-refractivity contribution < 1.29 is 4.74 Å². The Labute approximate surface area is 130 Å². The standard InChI is InChI=1S/C18H32N2O/c1-14(2)19-12-15(3)13-20(5)16(4)11-17-9-7-8-10-18(17)21-6/h7-10,14-16,19H,11-13H2,1-6H3. The molecule has 120 valence electrons. The van der Waals surface area contributed by atoms with E-state index in [4.69, 9.17) is 4.74 Å². The summed E-state index contributed by atoms with van der Waals surface area (Å²) < 4.78 is 5.44. The fourth-order valence-corrected chi connectivity index (χ4v) is 2.52. The predicted molar refractivity (Wildman–Crippen MR) is 91.1 cm³/mol. The van der Waals surface area contributed by atoms with Crippen LogP contribution in [0.3, 0.4) is 0 Å². The van der Waals surface area contributed by atoms with Gasteiger partial charge in [0, 0.05) is 18.6 Å². The van der Waals surface area contributed by atoms with Gasteiger partial charge in [-0.15, -0.1) is 0 Å².